The minimum atomic E-state index is 1.06. The smallest absolute Gasteiger partial charge is 0.0716 e. The van der Waals surface area contributed by atoms with Crippen molar-refractivity contribution < 1.29 is 0 Å². The zero-order chi connectivity index (χ0) is 11.2. The van der Waals surface area contributed by atoms with Gasteiger partial charge in [-0.25, -0.2) is 4.98 Å². The fourth-order valence-electron chi connectivity index (χ4n) is 2.30. The summed E-state index contributed by atoms with van der Waals surface area (Å²) in [6.45, 7) is 0. The molecular weight excluding hydrogens is 226 g/mol. The van der Waals surface area contributed by atoms with E-state index in [0.29, 0.717) is 0 Å². The van der Waals surface area contributed by atoms with E-state index in [1.165, 1.54) is 20.9 Å². The van der Waals surface area contributed by atoms with Crippen molar-refractivity contribution in [3.8, 4) is 0 Å². The van der Waals surface area contributed by atoms with Crippen LogP contribution in [0.1, 0.15) is 0 Å². The number of benzene rings is 2. The van der Waals surface area contributed by atoms with Crippen molar-refractivity contribution in [2.75, 3.05) is 0 Å². The molecule has 0 N–H and O–H groups in total. The van der Waals surface area contributed by atoms with Crippen LogP contribution in [0, 0.1) is 0 Å². The largest absolute Gasteiger partial charge is 0.248 e. The molecule has 17 heavy (non-hydrogen) atoms. The summed E-state index contributed by atoms with van der Waals surface area (Å²) in [5.74, 6) is 0. The minimum absolute atomic E-state index is 1.06. The molecule has 2 heterocycles. The minimum Gasteiger partial charge on any atom is -0.248 e. The Kier molecular flexibility index (Phi) is 1.76. The van der Waals surface area contributed by atoms with Gasteiger partial charge in [-0.15, -0.1) is 11.3 Å². The molecule has 0 aliphatic rings. The highest BCUT2D eigenvalue weighted by molar-refractivity contribution is 7.17. The van der Waals surface area contributed by atoms with E-state index >= 15 is 0 Å². The van der Waals surface area contributed by atoms with Gasteiger partial charge in [-0.2, -0.15) is 0 Å². The molecule has 0 saturated carbocycles. The second-order valence-corrected chi connectivity index (χ2v) is 5.09. The average molecular weight is 235 g/mol. The van der Waals surface area contributed by atoms with Gasteiger partial charge in [0.2, 0.25) is 0 Å². The zero-order valence-corrected chi connectivity index (χ0v) is 9.87. The summed E-state index contributed by atoms with van der Waals surface area (Å²) < 4.78 is 1.33. The molecule has 2 heteroatoms. The van der Waals surface area contributed by atoms with Gasteiger partial charge in [-0.05, 0) is 35.7 Å². The number of hydrogen-bond donors (Lipinski definition) is 0. The van der Waals surface area contributed by atoms with E-state index in [-0.39, 0.29) is 0 Å². The van der Waals surface area contributed by atoms with Crippen LogP contribution in [0.3, 0.4) is 0 Å². The highest BCUT2D eigenvalue weighted by Crippen LogP contribution is 2.30. The van der Waals surface area contributed by atoms with Crippen molar-refractivity contribution in [2.45, 2.75) is 0 Å². The van der Waals surface area contributed by atoms with E-state index in [4.69, 9.17) is 4.98 Å². The molecule has 2 aromatic carbocycles. The molecule has 1 nitrogen and oxygen atoms in total. The van der Waals surface area contributed by atoms with Crippen molar-refractivity contribution in [3.63, 3.8) is 0 Å². The lowest BCUT2D eigenvalue weighted by Gasteiger charge is -2.02. The Balaban J connectivity index is 2.29. The Morgan fingerprint density at radius 1 is 0.824 bits per heavy atom. The quantitative estimate of drug-likeness (QED) is 0.406. The molecule has 0 radical (unpaired) electrons. The number of rotatable bonds is 0. The number of para-hydroxylation sites is 1. The van der Waals surface area contributed by atoms with Gasteiger partial charge in [-0.3, -0.25) is 0 Å². The number of hydrogen-bond acceptors (Lipinski definition) is 2. The van der Waals surface area contributed by atoms with Gasteiger partial charge in [0.15, 0.2) is 0 Å². The SMILES string of the molecule is c1ccc2nc3ccc4sccc4c3cc2c1. The van der Waals surface area contributed by atoms with E-state index in [1.54, 1.807) is 11.3 Å². The molecule has 0 amide bonds. The summed E-state index contributed by atoms with van der Waals surface area (Å²) in [6, 6.07) is 17.0. The molecule has 4 aromatic rings. The fourth-order valence-corrected chi connectivity index (χ4v) is 3.10. The molecule has 4 rings (SSSR count). The first kappa shape index (κ1) is 9.14. The van der Waals surface area contributed by atoms with Crippen molar-refractivity contribution in [3.05, 3.63) is 53.9 Å². The molecule has 80 valence electrons. The summed E-state index contributed by atoms with van der Waals surface area (Å²) in [6.07, 6.45) is 0. The van der Waals surface area contributed by atoms with Crippen LogP contribution in [0.2, 0.25) is 0 Å². The maximum atomic E-state index is 4.71. The second-order valence-electron chi connectivity index (χ2n) is 4.15. The first-order valence-corrected chi connectivity index (χ1v) is 6.45. The molecule has 0 bridgehead atoms. The molecular formula is C15H9NS. The van der Waals surface area contributed by atoms with Crippen LogP contribution in [0.25, 0.3) is 31.9 Å². The summed E-state index contributed by atoms with van der Waals surface area (Å²) >= 11 is 1.78. The fraction of sp³-hybridized carbons (Fsp3) is 0. The Morgan fingerprint density at radius 2 is 1.76 bits per heavy atom. The van der Waals surface area contributed by atoms with Gasteiger partial charge < -0.3 is 0 Å². The molecule has 0 atom stereocenters. The Hall–Kier alpha value is -1.93. The van der Waals surface area contributed by atoms with Gasteiger partial charge in [-0.1, -0.05) is 18.2 Å². The van der Waals surface area contributed by atoms with Gasteiger partial charge in [0.05, 0.1) is 11.0 Å². The van der Waals surface area contributed by atoms with Crippen molar-refractivity contribution in [2.24, 2.45) is 0 Å². The van der Waals surface area contributed by atoms with Gasteiger partial charge >= 0.3 is 0 Å². The lowest BCUT2D eigenvalue weighted by Crippen LogP contribution is -1.82. The van der Waals surface area contributed by atoms with E-state index < -0.39 is 0 Å². The maximum absolute atomic E-state index is 4.71. The van der Waals surface area contributed by atoms with E-state index in [2.05, 4.69) is 47.8 Å². The third kappa shape index (κ3) is 1.28. The number of pyridine rings is 1. The first-order chi connectivity index (χ1) is 8.42. The van der Waals surface area contributed by atoms with Crippen LogP contribution in [0.15, 0.2) is 53.9 Å². The lowest BCUT2D eigenvalue weighted by molar-refractivity contribution is 1.51. The first-order valence-electron chi connectivity index (χ1n) is 5.57. The molecule has 0 unspecified atom stereocenters. The number of aromatic nitrogens is 1. The predicted molar refractivity (Wildman–Crippen MR) is 74.6 cm³/mol. The standard InChI is InChI=1S/C15H9NS/c1-2-4-13-10(3-1)9-12-11-7-8-17-15(11)6-5-14(12)16-13/h1-9H. The van der Waals surface area contributed by atoms with Gasteiger partial charge in [0.25, 0.3) is 0 Å². The van der Waals surface area contributed by atoms with Crippen LogP contribution in [-0.4, -0.2) is 4.98 Å². The normalized spacial score (nSPS) is 11.5. The number of thiophene rings is 1. The summed E-state index contributed by atoms with van der Waals surface area (Å²) in [7, 11) is 0. The van der Waals surface area contributed by atoms with E-state index in [1.807, 2.05) is 6.07 Å². The molecule has 2 aromatic heterocycles. The zero-order valence-electron chi connectivity index (χ0n) is 9.05. The third-order valence-electron chi connectivity index (χ3n) is 3.13. The monoisotopic (exact) mass is 235 g/mol. The average Bonchev–Trinajstić information content (AvgIpc) is 2.85. The Morgan fingerprint density at radius 3 is 2.76 bits per heavy atom. The summed E-state index contributed by atoms with van der Waals surface area (Å²) in [5.41, 5.74) is 2.14. The summed E-state index contributed by atoms with van der Waals surface area (Å²) in [4.78, 5) is 4.71. The lowest BCUT2D eigenvalue weighted by atomic mass is 10.1. The molecule has 0 fully saturated rings. The Labute approximate surface area is 102 Å². The van der Waals surface area contributed by atoms with Crippen molar-refractivity contribution in [1.82, 2.24) is 4.98 Å². The van der Waals surface area contributed by atoms with Crippen molar-refractivity contribution in [1.29, 1.82) is 0 Å². The highest BCUT2D eigenvalue weighted by atomic mass is 32.1. The van der Waals surface area contributed by atoms with Crippen LogP contribution in [0.4, 0.5) is 0 Å². The molecule has 0 spiro atoms. The van der Waals surface area contributed by atoms with Crippen LogP contribution >= 0.6 is 11.3 Å². The highest BCUT2D eigenvalue weighted by Gasteiger charge is 2.04. The predicted octanol–water partition coefficient (Wildman–Crippen LogP) is 4.60. The second kappa shape index (κ2) is 3.28. The summed E-state index contributed by atoms with van der Waals surface area (Å²) in [5, 5.41) is 5.91. The van der Waals surface area contributed by atoms with Crippen LogP contribution in [-0.2, 0) is 0 Å². The van der Waals surface area contributed by atoms with Crippen LogP contribution < -0.4 is 0 Å². The van der Waals surface area contributed by atoms with Crippen molar-refractivity contribution >= 4 is 43.2 Å². The topological polar surface area (TPSA) is 12.9 Å². The van der Waals surface area contributed by atoms with Gasteiger partial charge in [0, 0.05) is 20.9 Å². The Bertz CT molecular complexity index is 845. The molecule has 0 aliphatic heterocycles. The number of fused-ring (bicyclic) bond motifs is 4. The van der Waals surface area contributed by atoms with Gasteiger partial charge in [0.1, 0.15) is 0 Å². The molecule has 0 saturated heterocycles. The maximum Gasteiger partial charge on any atom is 0.0716 e. The molecule has 0 aliphatic carbocycles. The van der Waals surface area contributed by atoms with Crippen LogP contribution in [0.5, 0.6) is 0 Å². The number of nitrogens with zero attached hydrogens (tertiary/aromatic N) is 1. The third-order valence-corrected chi connectivity index (χ3v) is 4.01. The van der Waals surface area contributed by atoms with E-state index in [0.717, 1.165) is 11.0 Å². The van der Waals surface area contributed by atoms with E-state index in [9.17, 15) is 0 Å².